The Hall–Kier alpha value is -2.77. The first-order chi connectivity index (χ1) is 12.0. The standard InChI is InChI=1S/C17H16F3N5/c18-17(19,20)10-4-6-12(7-5-10)23-16-24-14-13(8-9-21-14)15(25-16)22-11-2-1-3-11/h4-9,11H,1-3H2,(H3,21,22,23,24,25). The number of fused-ring (bicyclic) bond motifs is 1. The highest BCUT2D eigenvalue weighted by Crippen LogP contribution is 2.31. The van der Waals surface area contributed by atoms with Crippen molar-refractivity contribution in [1.29, 1.82) is 0 Å². The topological polar surface area (TPSA) is 65.6 Å². The molecule has 0 atom stereocenters. The first-order valence-electron chi connectivity index (χ1n) is 8.05. The van der Waals surface area contributed by atoms with Crippen molar-refractivity contribution in [3.63, 3.8) is 0 Å². The molecule has 0 amide bonds. The second kappa shape index (κ2) is 5.94. The Balaban J connectivity index is 1.60. The van der Waals surface area contributed by atoms with Crippen LogP contribution in [-0.2, 0) is 6.18 Å². The lowest BCUT2D eigenvalue weighted by Gasteiger charge is -2.27. The summed E-state index contributed by atoms with van der Waals surface area (Å²) in [6, 6.07) is 7.10. The highest BCUT2D eigenvalue weighted by molar-refractivity contribution is 5.88. The summed E-state index contributed by atoms with van der Waals surface area (Å²) in [5.41, 5.74) is 0.478. The highest BCUT2D eigenvalue weighted by Gasteiger charge is 2.30. The minimum atomic E-state index is -4.35. The largest absolute Gasteiger partial charge is 0.416 e. The number of benzene rings is 1. The molecule has 4 rings (SSSR count). The lowest BCUT2D eigenvalue weighted by Crippen LogP contribution is -2.27. The van der Waals surface area contributed by atoms with Gasteiger partial charge in [-0.3, -0.25) is 0 Å². The molecule has 0 unspecified atom stereocenters. The lowest BCUT2D eigenvalue weighted by atomic mass is 9.93. The molecule has 1 aliphatic rings. The third-order valence-electron chi connectivity index (χ3n) is 4.33. The van der Waals surface area contributed by atoms with Gasteiger partial charge in [0.2, 0.25) is 5.95 Å². The highest BCUT2D eigenvalue weighted by atomic mass is 19.4. The van der Waals surface area contributed by atoms with E-state index >= 15 is 0 Å². The molecule has 3 N–H and O–H groups in total. The number of anilines is 3. The fourth-order valence-corrected chi connectivity index (χ4v) is 2.72. The summed E-state index contributed by atoms with van der Waals surface area (Å²) in [6.45, 7) is 0. The van der Waals surface area contributed by atoms with Gasteiger partial charge in [0.25, 0.3) is 0 Å². The van der Waals surface area contributed by atoms with Crippen molar-refractivity contribution < 1.29 is 13.2 Å². The molecule has 1 saturated carbocycles. The number of rotatable bonds is 4. The lowest BCUT2D eigenvalue weighted by molar-refractivity contribution is -0.137. The van der Waals surface area contributed by atoms with E-state index in [0.717, 1.165) is 36.2 Å². The maximum atomic E-state index is 12.6. The SMILES string of the molecule is FC(F)(F)c1ccc(Nc2nc(NC3CCC3)c3cc[nH]c3n2)cc1. The van der Waals surface area contributed by atoms with Gasteiger partial charge < -0.3 is 15.6 Å². The quantitative estimate of drug-likeness (QED) is 0.641. The van der Waals surface area contributed by atoms with E-state index < -0.39 is 11.7 Å². The van der Waals surface area contributed by atoms with Crippen LogP contribution in [0.25, 0.3) is 11.0 Å². The average Bonchev–Trinajstić information content (AvgIpc) is 2.99. The van der Waals surface area contributed by atoms with E-state index in [2.05, 4.69) is 25.6 Å². The zero-order valence-corrected chi connectivity index (χ0v) is 13.2. The number of hydrogen-bond acceptors (Lipinski definition) is 4. The van der Waals surface area contributed by atoms with Crippen LogP contribution in [0.1, 0.15) is 24.8 Å². The van der Waals surface area contributed by atoms with Gasteiger partial charge in [0, 0.05) is 17.9 Å². The van der Waals surface area contributed by atoms with Crippen molar-refractivity contribution in [3.8, 4) is 0 Å². The molecule has 0 radical (unpaired) electrons. The molecular weight excluding hydrogens is 331 g/mol. The summed E-state index contributed by atoms with van der Waals surface area (Å²) in [5.74, 6) is 1.06. The van der Waals surface area contributed by atoms with E-state index in [4.69, 9.17) is 0 Å². The number of alkyl halides is 3. The Labute approximate surface area is 141 Å². The zero-order valence-electron chi connectivity index (χ0n) is 13.2. The van der Waals surface area contributed by atoms with Gasteiger partial charge in [0.05, 0.1) is 10.9 Å². The Morgan fingerprint density at radius 3 is 2.44 bits per heavy atom. The van der Waals surface area contributed by atoms with Gasteiger partial charge >= 0.3 is 6.18 Å². The molecule has 0 aliphatic heterocycles. The predicted octanol–water partition coefficient (Wildman–Crippen LogP) is 4.68. The Kier molecular flexibility index (Phi) is 3.74. The Bertz CT molecular complexity index is 881. The first-order valence-corrected chi connectivity index (χ1v) is 8.05. The monoisotopic (exact) mass is 347 g/mol. The summed E-state index contributed by atoms with van der Waals surface area (Å²) in [4.78, 5) is 11.9. The van der Waals surface area contributed by atoms with Gasteiger partial charge in [-0.1, -0.05) is 0 Å². The number of nitrogens with one attached hydrogen (secondary N) is 3. The van der Waals surface area contributed by atoms with Crippen LogP contribution in [0.4, 0.5) is 30.6 Å². The number of aromatic amines is 1. The second-order valence-corrected chi connectivity index (χ2v) is 6.11. The zero-order chi connectivity index (χ0) is 17.4. The van der Waals surface area contributed by atoms with Crippen molar-refractivity contribution in [2.75, 3.05) is 10.6 Å². The van der Waals surface area contributed by atoms with Gasteiger partial charge in [0.1, 0.15) is 11.5 Å². The molecule has 3 aromatic rings. The molecule has 0 spiro atoms. The van der Waals surface area contributed by atoms with E-state index in [0.29, 0.717) is 23.3 Å². The van der Waals surface area contributed by atoms with Gasteiger partial charge in [-0.05, 0) is 49.6 Å². The summed E-state index contributed by atoms with van der Waals surface area (Å²) in [6.07, 6.45) is 0.857. The van der Waals surface area contributed by atoms with Crippen LogP contribution in [0, 0.1) is 0 Å². The van der Waals surface area contributed by atoms with Crippen LogP contribution in [0.3, 0.4) is 0 Å². The van der Waals surface area contributed by atoms with E-state index in [-0.39, 0.29) is 0 Å². The number of halogens is 3. The first kappa shape index (κ1) is 15.7. The second-order valence-electron chi connectivity index (χ2n) is 6.11. The molecule has 2 heterocycles. The van der Waals surface area contributed by atoms with Crippen molar-refractivity contribution in [3.05, 3.63) is 42.1 Å². The summed E-state index contributed by atoms with van der Waals surface area (Å²) < 4.78 is 37.9. The summed E-state index contributed by atoms with van der Waals surface area (Å²) in [7, 11) is 0. The minimum absolute atomic E-state index is 0.330. The van der Waals surface area contributed by atoms with Gasteiger partial charge in [-0.15, -0.1) is 0 Å². The van der Waals surface area contributed by atoms with Gasteiger partial charge in [0.15, 0.2) is 0 Å². The minimum Gasteiger partial charge on any atom is -0.367 e. The van der Waals surface area contributed by atoms with Crippen molar-refractivity contribution in [1.82, 2.24) is 15.0 Å². The van der Waals surface area contributed by atoms with Crippen LogP contribution in [-0.4, -0.2) is 21.0 Å². The van der Waals surface area contributed by atoms with Gasteiger partial charge in [-0.25, -0.2) is 0 Å². The molecule has 0 saturated heterocycles. The molecule has 8 heteroatoms. The smallest absolute Gasteiger partial charge is 0.367 e. The van der Waals surface area contributed by atoms with Crippen LogP contribution in [0.5, 0.6) is 0 Å². The normalized spacial score (nSPS) is 15.2. The van der Waals surface area contributed by atoms with E-state index in [1.54, 1.807) is 6.20 Å². The molecule has 25 heavy (non-hydrogen) atoms. The third kappa shape index (κ3) is 3.24. The van der Waals surface area contributed by atoms with Crippen LogP contribution >= 0.6 is 0 Å². The van der Waals surface area contributed by atoms with Gasteiger partial charge in [-0.2, -0.15) is 23.1 Å². The molecule has 1 fully saturated rings. The van der Waals surface area contributed by atoms with E-state index in [1.165, 1.54) is 18.6 Å². The molecule has 1 aromatic carbocycles. The van der Waals surface area contributed by atoms with Crippen molar-refractivity contribution >= 4 is 28.5 Å². The van der Waals surface area contributed by atoms with E-state index in [1.807, 2.05) is 6.07 Å². The average molecular weight is 347 g/mol. The fraction of sp³-hybridized carbons (Fsp3) is 0.294. The molecule has 1 aliphatic carbocycles. The molecule has 5 nitrogen and oxygen atoms in total. The fourth-order valence-electron chi connectivity index (χ4n) is 2.72. The molecule has 130 valence electrons. The molecular formula is C17H16F3N5. The van der Waals surface area contributed by atoms with Crippen LogP contribution in [0.2, 0.25) is 0 Å². The number of H-pyrrole nitrogens is 1. The predicted molar refractivity (Wildman–Crippen MR) is 89.9 cm³/mol. The number of aromatic nitrogens is 3. The molecule has 0 bridgehead atoms. The number of hydrogen-bond donors (Lipinski definition) is 3. The Morgan fingerprint density at radius 1 is 1.04 bits per heavy atom. The Morgan fingerprint density at radius 2 is 1.80 bits per heavy atom. The maximum Gasteiger partial charge on any atom is 0.416 e. The third-order valence-corrected chi connectivity index (χ3v) is 4.33. The van der Waals surface area contributed by atoms with Crippen molar-refractivity contribution in [2.45, 2.75) is 31.5 Å². The maximum absolute atomic E-state index is 12.6. The summed E-state index contributed by atoms with van der Waals surface area (Å²) >= 11 is 0. The molecule has 2 aromatic heterocycles. The number of nitrogens with zero attached hydrogens (tertiary/aromatic N) is 2. The van der Waals surface area contributed by atoms with Crippen molar-refractivity contribution in [2.24, 2.45) is 0 Å². The van der Waals surface area contributed by atoms with E-state index in [9.17, 15) is 13.2 Å². The van der Waals surface area contributed by atoms with Crippen LogP contribution < -0.4 is 10.6 Å². The van der Waals surface area contributed by atoms with Crippen LogP contribution in [0.15, 0.2) is 36.5 Å². The summed E-state index contributed by atoms with van der Waals surface area (Å²) in [5, 5.41) is 7.26.